The lowest BCUT2D eigenvalue weighted by Gasteiger charge is -2.19. The molecule has 5 nitrogen and oxygen atoms in total. The molecule has 1 aromatic carbocycles. The van der Waals surface area contributed by atoms with Gasteiger partial charge in [-0.1, -0.05) is 32.9 Å². The van der Waals surface area contributed by atoms with Gasteiger partial charge in [-0.2, -0.15) is 0 Å². The molecule has 0 aliphatic carbocycles. The highest BCUT2D eigenvalue weighted by atomic mass is 16.5. The minimum Gasteiger partial charge on any atom is -0.449 e. The maximum Gasteiger partial charge on any atom is 0.340 e. The Morgan fingerprint density at radius 3 is 2.33 bits per heavy atom. The molecule has 1 heterocycles. The number of nitrogens with one attached hydrogen (secondary N) is 1. The van der Waals surface area contributed by atoms with Crippen LogP contribution in [-0.2, 0) is 14.9 Å². The molecule has 0 aliphatic heterocycles. The summed E-state index contributed by atoms with van der Waals surface area (Å²) in [6, 6.07) is 10.9. The first kappa shape index (κ1) is 17.7. The van der Waals surface area contributed by atoms with Crippen molar-refractivity contribution in [2.75, 3.05) is 5.32 Å². The van der Waals surface area contributed by atoms with Crippen LogP contribution in [0, 0.1) is 0 Å². The predicted octanol–water partition coefficient (Wildman–Crippen LogP) is 3.56. The van der Waals surface area contributed by atoms with Crippen molar-refractivity contribution < 1.29 is 14.3 Å². The second-order valence-electron chi connectivity index (χ2n) is 6.61. The van der Waals surface area contributed by atoms with E-state index in [1.807, 2.05) is 24.3 Å². The largest absolute Gasteiger partial charge is 0.449 e. The van der Waals surface area contributed by atoms with Crippen molar-refractivity contribution >= 4 is 17.6 Å². The standard InChI is InChI=1S/C19H22N2O3/c1-13(24-18(23)14-6-5-11-20-12-14)17(22)21-16-9-7-15(8-10-16)19(2,3)4/h5-13H,1-4H3,(H,21,22). The lowest BCUT2D eigenvalue weighted by molar-refractivity contribution is -0.123. The van der Waals surface area contributed by atoms with E-state index in [9.17, 15) is 9.59 Å². The van der Waals surface area contributed by atoms with Gasteiger partial charge in [-0.05, 0) is 42.2 Å². The quantitative estimate of drug-likeness (QED) is 0.872. The summed E-state index contributed by atoms with van der Waals surface area (Å²) in [4.78, 5) is 27.9. The van der Waals surface area contributed by atoms with Crippen LogP contribution in [0.1, 0.15) is 43.6 Å². The highest BCUT2D eigenvalue weighted by molar-refractivity contribution is 5.97. The zero-order chi connectivity index (χ0) is 17.7. The molecule has 24 heavy (non-hydrogen) atoms. The molecular weight excluding hydrogens is 304 g/mol. The summed E-state index contributed by atoms with van der Waals surface area (Å²) in [6.45, 7) is 7.91. The predicted molar refractivity (Wildman–Crippen MR) is 92.9 cm³/mol. The van der Waals surface area contributed by atoms with Crippen molar-refractivity contribution in [1.82, 2.24) is 4.98 Å². The van der Waals surface area contributed by atoms with Crippen LogP contribution < -0.4 is 5.32 Å². The fraction of sp³-hybridized carbons (Fsp3) is 0.316. The van der Waals surface area contributed by atoms with Gasteiger partial charge in [-0.15, -0.1) is 0 Å². The molecule has 0 saturated carbocycles. The Balaban J connectivity index is 1.95. The van der Waals surface area contributed by atoms with Crippen LogP contribution in [0.15, 0.2) is 48.8 Å². The summed E-state index contributed by atoms with van der Waals surface area (Å²) < 4.78 is 5.16. The van der Waals surface area contributed by atoms with E-state index in [-0.39, 0.29) is 11.3 Å². The number of anilines is 1. The Labute approximate surface area is 142 Å². The number of esters is 1. The lowest BCUT2D eigenvalue weighted by Crippen LogP contribution is -2.30. The Bertz CT molecular complexity index is 704. The SMILES string of the molecule is CC(OC(=O)c1cccnc1)C(=O)Nc1ccc(C(C)(C)C)cc1. The van der Waals surface area contributed by atoms with Gasteiger partial charge >= 0.3 is 5.97 Å². The van der Waals surface area contributed by atoms with Gasteiger partial charge in [0.1, 0.15) is 0 Å². The third-order valence-corrected chi connectivity index (χ3v) is 3.57. The first-order valence-electron chi connectivity index (χ1n) is 7.80. The van der Waals surface area contributed by atoms with Crippen LogP contribution in [0.4, 0.5) is 5.69 Å². The zero-order valence-corrected chi connectivity index (χ0v) is 14.4. The summed E-state index contributed by atoms with van der Waals surface area (Å²) in [5.41, 5.74) is 2.20. The number of aromatic nitrogens is 1. The summed E-state index contributed by atoms with van der Waals surface area (Å²) in [7, 11) is 0. The van der Waals surface area contributed by atoms with Gasteiger partial charge < -0.3 is 10.1 Å². The Hall–Kier alpha value is -2.69. The number of pyridine rings is 1. The van der Waals surface area contributed by atoms with Crippen molar-refractivity contribution in [2.24, 2.45) is 0 Å². The van der Waals surface area contributed by atoms with Crippen LogP contribution in [0.25, 0.3) is 0 Å². The third-order valence-electron chi connectivity index (χ3n) is 3.57. The van der Waals surface area contributed by atoms with Crippen LogP contribution in [0.3, 0.4) is 0 Å². The molecule has 2 aromatic rings. The van der Waals surface area contributed by atoms with Crippen LogP contribution in [0.2, 0.25) is 0 Å². The monoisotopic (exact) mass is 326 g/mol. The number of nitrogens with zero attached hydrogens (tertiary/aromatic N) is 1. The molecule has 1 atom stereocenters. The molecule has 0 spiro atoms. The average molecular weight is 326 g/mol. The Morgan fingerprint density at radius 2 is 1.79 bits per heavy atom. The number of benzene rings is 1. The smallest absolute Gasteiger partial charge is 0.340 e. The van der Waals surface area contributed by atoms with Crippen LogP contribution in [-0.4, -0.2) is 23.0 Å². The number of ether oxygens (including phenoxy) is 1. The first-order valence-corrected chi connectivity index (χ1v) is 7.80. The van der Waals surface area contributed by atoms with Gasteiger partial charge in [0, 0.05) is 18.1 Å². The molecule has 2 rings (SSSR count). The molecule has 0 fully saturated rings. The van der Waals surface area contributed by atoms with Crippen molar-refractivity contribution in [3.05, 3.63) is 59.9 Å². The normalized spacial score (nSPS) is 12.3. The van der Waals surface area contributed by atoms with E-state index in [2.05, 4.69) is 31.1 Å². The van der Waals surface area contributed by atoms with Crippen LogP contribution >= 0.6 is 0 Å². The van der Waals surface area contributed by atoms with Gasteiger partial charge in [0.25, 0.3) is 5.91 Å². The molecule has 0 bridgehead atoms. The van der Waals surface area contributed by atoms with E-state index in [1.165, 1.54) is 18.7 Å². The van der Waals surface area contributed by atoms with E-state index in [4.69, 9.17) is 4.74 Å². The van der Waals surface area contributed by atoms with E-state index in [0.717, 1.165) is 0 Å². The fourth-order valence-electron chi connectivity index (χ4n) is 2.06. The van der Waals surface area contributed by atoms with Gasteiger partial charge in [-0.25, -0.2) is 4.79 Å². The summed E-state index contributed by atoms with van der Waals surface area (Å²) in [6.07, 6.45) is 2.06. The molecule has 0 radical (unpaired) electrons. The van der Waals surface area contributed by atoms with Crippen molar-refractivity contribution in [3.8, 4) is 0 Å². The Kier molecular flexibility index (Phi) is 5.34. The second-order valence-corrected chi connectivity index (χ2v) is 6.61. The molecule has 5 heteroatoms. The minimum atomic E-state index is -0.903. The molecule has 1 amide bonds. The molecule has 126 valence electrons. The van der Waals surface area contributed by atoms with E-state index in [0.29, 0.717) is 11.3 Å². The van der Waals surface area contributed by atoms with Crippen molar-refractivity contribution in [1.29, 1.82) is 0 Å². The highest BCUT2D eigenvalue weighted by Gasteiger charge is 2.19. The summed E-state index contributed by atoms with van der Waals surface area (Å²) in [5.74, 6) is -0.954. The first-order chi connectivity index (χ1) is 11.3. The average Bonchev–Trinajstić information content (AvgIpc) is 2.55. The highest BCUT2D eigenvalue weighted by Crippen LogP contribution is 2.23. The number of rotatable bonds is 4. The van der Waals surface area contributed by atoms with Crippen molar-refractivity contribution in [3.63, 3.8) is 0 Å². The fourth-order valence-corrected chi connectivity index (χ4v) is 2.06. The van der Waals surface area contributed by atoms with E-state index >= 15 is 0 Å². The van der Waals surface area contributed by atoms with E-state index < -0.39 is 12.1 Å². The molecule has 0 saturated heterocycles. The lowest BCUT2D eigenvalue weighted by atomic mass is 9.87. The number of carbonyl (C=O) groups is 2. The molecular formula is C19H22N2O3. The maximum absolute atomic E-state index is 12.2. The summed E-state index contributed by atoms with van der Waals surface area (Å²) in [5, 5.41) is 2.75. The third kappa shape index (κ3) is 4.65. The van der Waals surface area contributed by atoms with Gasteiger partial charge in [-0.3, -0.25) is 9.78 Å². The summed E-state index contributed by atoms with van der Waals surface area (Å²) >= 11 is 0. The van der Waals surface area contributed by atoms with Gasteiger partial charge in [0.15, 0.2) is 6.10 Å². The maximum atomic E-state index is 12.2. The second kappa shape index (κ2) is 7.25. The molecule has 1 aromatic heterocycles. The van der Waals surface area contributed by atoms with E-state index in [1.54, 1.807) is 18.3 Å². The minimum absolute atomic E-state index is 0.0507. The van der Waals surface area contributed by atoms with Gasteiger partial charge in [0.2, 0.25) is 0 Å². The van der Waals surface area contributed by atoms with Crippen LogP contribution in [0.5, 0.6) is 0 Å². The van der Waals surface area contributed by atoms with Gasteiger partial charge in [0.05, 0.1) is 5.56 Å². The zero-order valence-electron chi connectivity index (χ0n) is 14.4. The Morgan fingerprint density at radius 1 is 1.12 bits per heavy atom. The van der Waals surface area contributed by atoms with Crippen molar-refractivity contribution in [2.45, 2.75) is 39.2 Å². The molecule has 1 N–H and O–H groups in total. The number of carbonyl (C=O) groups excluding carboxylic acids is 2. The number of amides is 1. The molecule has 1 unspecified atom stereocenters. The number of hydrogen-bond acceptors (Lipinski definition) is 4. The topological polar surface area (TPSA) is 68.3 Å². The number of hydrogen-bond donors (Lipinski definition) is 1. The molecule has 0 aliphatic rings.